The fourth-order valence-corrected chi connectivity index (χ4v) is 5.15. The van der Waals surface area contributed by atoms with Crippen molar-refractivity contribution in [2.75, 3.05) is 12.3 Å². The maximum atomic E-state index is 12.6. The zero-order chi connectivity index (χ0) is 33.1. The summed E-state index contributed by atoms with van der Waals surface area (Å²) in [6.07, 6.45) is 5.26. The van der Waals surface area contributed by atoms with Gasteiger partial charge in [-0.2, -0.15) is 0 Å². The smallest absolute Gasteiger partial charge is 0.337 e. The summed E-state index contributed by atoms with van der Waals surface area (Å²) in [7, 11) is 0. The monoisotopic (exact) mass is 607 g/mol. The molecule has 0 saturated heterocycles. The molecule has 232 valence electrons. The molecule has 0 aromatic heterocycles. The van der Waals surface area contributed by atoms with E-state index in [2.05, 4.69) is 18.4 Å². The lowest BCUT2D eigenvalue weighted by Gasteiger charge is -2.30. The van der Waals surface area contributed by atoms with Gasteiger partial charge in [0, 0.05) is 21.8 Å². The molecule has 3 aromatic rings. The molecule has 0 amide bonds. The number of aliphatic carboxylic acids is 1. The highest BCUT2D eigenvalue weighted by atomic mass is 35.5. The first kappa shape index (κ1) is 37.2. The lowest BCUT2D eigenvalue weighted by Crippen LogP contribution is -2.28. The Balaban J connectivity index is 0.00000122. The molecule has 0 spiro atoms. The number of rotatable bonds is 5. The van der Waals surface area contributed by atoms with Crippen LogP contribution in [0.25, 0.3) is 22.3 Å². The van der Waals surface area contributed by atoms with Gasteiger partial charge in [-0.15, -0.1) is 12.3 Å². The van der Waals surface area contributed by atoms with E-state index in [9.17, 15) is 9.90 Å². The maximum absolute atomic E-state index is 12.6. The molecule has 1 unspecified atom stereocenters. The van der Waals surface area contributed by atoms with Crippen LogP contribution >= 0.6 is 11.6 Å². The average molecular weight is 608 g/mol. The Morgan fingerprint density at radius 3 is 2.16 bits per heavy atom. The molecule has 1 aliphatic heterocycles. The van der Waals surface area contributed by atoms with E-state index in [0.717, 1.165) is 57.5 Å². The molecular weight excluding hydrogens is 562 g/mol. The number of benzene rings is 3. The van der Waals surface area contributed by atoms with E-state index in [0.29, 0.717) is 28.4 Å². The van der Waals surface area contributed by atoms with E-state index in [-0.39, 0.29) is 0 Å². The third-order valence-electron chi connectivity index (χ3n) is 6.71. The van der Waals surface area contributed by atoms with Gasteiger partial charge in [0.15, 0.2) is 6.10 Å². The minimum atomic E-state index is -1.19. The summed E-state index contributed by atoms with van der Waals surface area (Å²) in [6, 6.07) is 12.0. The number of fused-ring (bicyclic) bond motifs is 1. The van der Waals surface area contributed by atoms with E-state index < -0.39 is 17.7 Å². The molecule has 43 heavy (non-hydrogen) atoms. The van der Waals surface area contributed by atoms with Gasteiger partial charge in [-0.05, 0) is 118 Å². The Kier molecular flexibility index (Phi) is 14.5. The molecular formula is C36H46ClNO5. The SMILES string of the molecule is C#CC.C=O.CC.Cc1ccc(-c2c(C)c(-c3ccc4c(c3)CCCO4)c(C(OC(C)(C)C)C(=O)O)c(C)c2N)cc1Cl. The van der Waals surface area contributed by atoms with Gasteiger partial charge in [0.05, 0.1) is 12.2 Å². The van der Waals surface area contributed by atoms with E-state index in [1.807, 2.05) is 92.5 Å². The number of hydrogen-bond acceptors (Lipinski definition) is 5. The molecule has 0 saturated carbocycles. The summed E-state index contributed by atoms with van der Waals surface area (Å²) < 4.78 is 12.0. The second-order valence-electron chi connectivity index (χ2n) is 10.8. The number of aryl methyl sites for hydroxylation is 2. The second kappa shape index (κ2) is 16.7. The summed E-state index contributed by atoms with van der Waals surface area (Å²) in [4.78, 5) is 20.6. The highest BCUT2D eigenvalue weighted by Crippen LogP contribution is 2.46. The Labute approximate surface area is 262 Å². The maximum Gasteiger partial charge on any atom is 0.337 e. The van der Waals surface area contributed by atoms with Gasteiger partial charge in [-0.1, -0.05) is 43.6 Å². The summed E-state index contributed by atoms with van der Waals surface area (Å²) in [5.41, 5.74) is 14.3. The molecule has 1 aliphatic rings. The Bertz CT molecular complexity index is 1450. The summed E-state index contributed by atoms with van der Waals surface area (Å²) in [5.74, 6) is 2.07. The number of anilines is 1. The van der Waals surface area contributed by atoms with Crippen LogP contribution in [0.3, 0.4) is 0 Å². The summed E-state index contributed by atoms with van der Waals surface area (Å²) >= 11 is 6.49. The highest BCUT2D eigenvalue weighted by molar-refractivity contribution is 6.31. The van der Waals surface area contributed by atoms with Crippen LogP contribution in [-0.2, 0) is 20.7 Å². The molecule has 3 N–H and O–H groups in total. The van der Waals surface area contributed by atoms with Crippen LogP contribution in [-0.4, -0.2) is 30.1 Å². The molecule has 0 radical (unpaired) electrons. The number of carboxylic acids is 1. The van der Waals surface area contributed by atoms with Gasteiger partial charge in [0.25, 0.3) is 0 Å². The first-order valence-corrected chi connectivity index (χ1v) is 14.7. The Morgan fingerprint density at radius 1 is 1.07 bits per heavy atom. The van der Waals surface area contributed by atoms with E-state index in [4.69, 9.17) is 31.6 Å². The van der Waals surface area contributed by atoms with Gasteiger partial charge in [-0.25, -0.2) is 4.79 Å². The predicted octanol–water partition coefficient (Wildman–Crippen LogP) is 8.93. The van der Waals surface area contributed by atoms with Crippen molar-refractivity contribution >= 4 is 30.0 Å². The number of carbonyl (C=O) groups is 2. The molecule has 1 heterocycles. The third kappa shape index (κ3) is 9.10. The van der Waals surface area contributed by atoms with Crippen molar-refractivity contribution in [3.8, 4) is 40.3 Å². The van der Waals surface area contributed by atoms with Gasteiger partial charge >= 0.3 is 5.97 Å². The van der Waals surface area contributed by atoms with Crippen molar-refractivity contribution in [2.24, 2.45) is 0 Å². The number of hydrogen-bond donors (Lipinski definition) is 2. The third-order valence-corrected chi connectivity index (χ3v) is 7.12. The minimum absolute atomic E-state index is 0.524. The number of carbonyl (C=O) groups excluding carboxylic acids is 1. The zero-order valence-corrected chi connectivity index (χ0v) is 27.7. The average Bonchev–Trinajstić information content (AvgIpc) is 2.97. The number of halogens is 1. The molecule has 4 rings (SSSR count). The molecule has 0 bridgehead atoms. The van der Waals surface area contributed by atoms with Crippen LogP contribution in [0.5, 0.6) is 5.75 Å². The summed E-state index contributed by atoms with van der Waals surface area (Å²) in [6.45, 7) is 19.7. The van der Waals surface area contributed by atoms with E-state index in [1.165, 1.54) is 0 Å². The number of terminal acetylenes is 1. The van der Waals surface area contributed by atoms with E-state index in [1.54, 1.807) is 6.92 Å². The van der Waals surface area contributed by atoms with Crippen LogP contribution in [0.2, 0.25) is 5.02 Å². The van der Waals surface area contributed by atoms with Gasteiger partial charge < -0.3 is 25.1 Å². The van der Waals surface area contributed by atoms with Crippen molar-refractivity contribution in [1.29, 1.82) is 0 Å². The second-order valence-corrected chi connectivity index (χ2v) is 11.2. The minimum Gasteiger partial charge on any atom is -0.493 e. The zero-order valence-electron chi connectivity index (χ0n) is 27.0. The van der Waals surface area contributed by atoms with Crippen LogP contribution in [0.15, 0.2) is 36.4 Å². The lowest BCUT2D eigenvalue weighted by molar-refractivity contribution is -0.160. The van der Waals surface area contributed by atoms with Crippen molar-refractivity contribution in [3.63, 3.8) is 0 Å². The van der Waals surface area contributed by atoms with Crippen LogP contribution in [0.1, 0.15) is 81.9 Å². The molecule has 0 fully saturated rings. The summed E-state index contributed by atoms with van der Waals surface area (Å²) in [5, 5.41) is 11.0. The predicted molar refractivity (Wildman–Crippen MR) is 179 cm³/mol. The Morgan fingerprint density at radius 2 is 1.63 bits per heavy atom. The van der Waals surface area contributed by atoms with E-state index >= 15 is 0 Å². The van der Waals surface area contributed by atoms with Crippen molar-refractivity contribution in [3.05, 3.63) is 69.2 Å². The van der Waals surface area contributed by atoms with Crippen LogP contribution < -0.4 is 10.5 Å². The van der Waals surface area contributed by atoms with Gasteiger partial charge in [0.1, 0.15) is 12.5 Å². The molecule has 1 atom stereocenters. The fourth-order valence-electron chi connectivity index (χ4n) is 4.97. The number of ether oxygens (including phenoxy) is 2. The highest BCUT2D eigenvalue weighted by Gasteiger charge is 2.33. The number of nitrogen functional groups attached to an aromatic ring is 1. The van der Waals surface area contributed by atoms with Gasteiger partial charge in [-0.3, -0.25) is 0 Å². The molecule has 0 aliphatic carbocycles. The molecule has 3 aromatic carbocycles. The van der Waals surface area contributed by atoms with Crippen LogP contribution in [0.4, 0.5) is 5.69 Å². The van der Waals surface area contributed by atoms with Crippen molar-refractivity contribution in [1.82, 2.24) is 0 Å². The number of nitrogens with two attached hydrogens (primary N) is 1. The first-order chi connectivity index (χ1) is 20.3. The molecule has 6 nitrogen and oxygen atoms in total. The van der Waals surface area contributed by atoms with Gasteiger partial charge in [0.2, 0.25) is 0 Å². The standard InChI is InChI=1S/C30H34ClNO4.C3H4.C2H6.CH2O/c1-16-9-10-21(15-22(16)31)25-17(2)24(20-11-12-23-19(14-20)8-7-13-35-23)26(18(3)27(25)32)28(29(33)34)36-30(4,5)6;1-3-2;2*1-2/h9-12,14-15,28H,7-8,13,32H2,1-6H3,(H,33,34);1H,2H3;1-2H3;1H2. The van der Waals surface area contributed by atoms with Crippen molar-refractivity contribution in [2.45, 2.75) is 86.9 Å². The quantitative estimate of drug-likeness (QED) is 0.222. The molecule has 7 heteroatoms. The fraction of sp³-hybridized carbons (Fsp3) is 0.389. The van der Waals surface area contributed by atoms with Crippen LogP contribution in [0, 0.1) is 33.1 Å². The first-order valence-electron chi connectivity index (χ1n) is 14.3. The Hall–Kier alpha value is -3.79. The lowest BCUT2D eigenvalue weighted by atomic mass is 9.82. The number of carboxylic acid groups (broad SMARTS) is 1. The normalized spacial score (nSPS) is 12.3. The topological polar surface area (TPSA) is 98.8 Å². The van der Waals surface area contributed by atoms with Crippen molar-refractivity contribution < 1.29 is 24.2 Å². The largest absolute Gasteiger partial charge is 0.493 e.